The number of sulfonamides is 1. The van der Waals surface area contributed by atoms with E-state index >= 15 is 0 Å². The minimum Gasteiger partial charge on any atom is -0.480 e. The fraction of sp³-hybridized carbons (Fsp3) is 0.889. The molecule has 0 aromatic rings. The van der Waals surface area contributed by atoms with Gasteiger partial charge in [0, 0.05) is 13.0 Å². The fourth-order valence-corrected chi connectivity index (χ4v) is 3.21. The molecule has 0 spiro atoms. The van der Waals surface area contributed by atoms with Crippen molar-refractivity contribution < 1.29 is 23.4 Å². The topological polar surface area (TPSA) is 94.9 Å². The van der Waals surface area contributed by atoms with Crippen molar-refractivity contribution in [2.24, 2.45) is 0 Å². The molecule has 0 unspecified atom stereocenters. The van der Waals surface area contributed by atoms with Crippen LogP contribution in [0.25, 0.3) is 0 Å². The van der Waals surface area contributed by atoms with E-state index in [0.29, 0.717) is 0 Å². The average molecular weight is 251 g/mol. The SMILES string of the molecule is CC(C)(C)S(=O)(=O)N1C[C@@H](O)C[C@H]1C(=O)O. The van der Waals surface area contributed by atoms with Crippen LogP contribution in [0.15, 0.2) is 0 Å². The van der Waals surface area contributed by atoms with Gasteiger partial charge in [0.1, 0.15) is 6.04 Å². The molecule has 0 aromatic carbocycles. The molecule has 1 saturated heterocycles. The third kappa shape index (κ3) is 2.21. The molecule has 0 amide bonds. The van der Waals surface area contributed by atoms with Crippen molar-refractivity contribution in [3.05, 3.63) is 0 Å². The molecule has 94 valence electrons. The van der Waals surface area contributed by atoms with Crippen molar-refractivity contribution in [1.29, 1.82) is 0 Å². The Bertz CT molecular complexity index is 383. The van der Waals surface area contributed by atoms with Crippen LogP contribution in [0, 0.1) is 0 Å². The zero-order chi connectivity index (χ0) is 12.7. The predicted molar refractivity (Wildman–Crippen MR) is 57.4 cm³/mol. The van der Waals surface area contributed by atoms with E-state index in [1.54, 1.807) is 0 Å². The molecule has 1 heterocycles. The molecule has 2 atom stereocenters. The summed E-state index contributed by atoms with van der Waals surface area (Å²) in [5.74, 6) is -1.22. The summed E-state index contributed by atoms with van der Waals surface area (Å²) in [5.41, 5.74) is 0. The summed E-state index contributed by atoms with van der Waals surface area (Å²) in [6.07, 6.45) is -0.955. The molecular formula is C9H17NO5S. The third-order valence-corrected chi connectivity index (χ3v) is 5.17. The van der Waals surface area contributed by atoms with E-state index in [4.69, 9.17) is 5.11 Å². The Balaban J connectivity index is 3.09. The highest BCUT2D eigenvalue weighted by atomic mass is 32.2. The number of rotatable bonds is 2. The summed E-state index contributed by atoms with van der Waals surface area (Å²) in [7, 11) is -3.71. The van der Waals surface area contributed by atoms with Crippen molar-refractivity contribution in [3.8, 4) is 0 Å². The number of β-amino-alcohol motifs (C(OH)–C–C–N with tert-alkyl or cyclic N) is 1. The first kappa shape index (κ1) is 13.4. The Hall–Kier alpha value is -0.660. The minimum atomic E-state index is -3.71. The van der Waals surface area contributed by atoms with Crippen molar-refractivity contribution in [1.82, 2.24) is 4.31 Å². The van der Waals surface area contributed by atoms with E-state index in [9.17, 15) is 18.3 Å². The number of aliphatic hydroxyl groups excluding tert-OH is 1. The van der Waals surface area contributed by atoms with Crippen LogP contribution in [0.4, 0.5) is 0 Å². The number of carboxylic acids is 1. The Labute approximate surface area is 94.9 Å². The second kappa shape index (κ2) is 3.97. The average Bonchev–Trinajstić information content (AvgIpc) is 2.45. The van der Waals surface area contributed by atoms with Crippen molar-refractivity contribution in [2.45, 2.75) is 44.1 Å². The minimum absolute atomic E-state index is 0.0509. The molecule has 6 nitrogen and oxygen atoms in total. The molecule has 1 rings (SSSR count). The van der Waals surface area contributed by atoms with Gasteiger partial charge in [-0.2, -0.15) is 4.31 Å². The molecule has 1 fully saturated rings. The molecule has 0 aliphatic carbocycles. The molecule has 1 aliphatic rings. The molecule has 0 radical (unpaired) electrons. The summed E-state index contributed by atoms with van der Waals surface area (Å²) in [5, 5.41) is 18.3. The third-order valence-electron chi connectivity index (χ3n) is 2.60. The van der Waals surface area contributed by atoms with Crippen LogP contribution >= 0.6 is 0 Å². The van der Waals surface area contributed by atoms with Crippen LogP contribution in [0.5, 0.6) is 0 Å². The molecule has 0 saturated carbocycles. The van der Waals surface area contributed by atoms with Gasteiger partial charge in [-0.15, -0.1) is 0 Å². The fourth-order valence-electron chi connectivity index (χ4n) is 1.63. The van der Waals surface area contributed by atoms with Crippen LogP contribution in [0.1, 0.15) is 27.2 Å². The number of hydrogen-bond acceptors (Lipinski definition) is 4. The molecule has 0 bridgehead atoms. The van der Waals surface area contributed by atoms with Gasteiger partial charge in [0.15, 0.2) is 0 Å². The maximum absolute atomic E-state index is 12.1. The molecule has 2 N–H and O–H groups in total. The zero-order valence-corrected chi connectivity index (χ0v) is 10.4. The van der Waals surface area contributed by atoms with Crippen LogP contribution in [0.3, 0.4) is 0 Å². The second-order valence-electron chi connectivity index (χ2n) is 4.93. The summed E-state index contributed by atoms with van der Waals surface area (Å²) >= 11 is 0. The first-order chi connectivity index (χ1) is 7.07. The van der Waals surface area contributed by atoms with E-state index in [-0.39, 0.29) is 13.0 Å². The van der Waals surface area contributed by atoms with Crippen LogP contribution < -0.4 is 0 Å². The van der Waals surface area contributed by atoms with E-state index in [0.717, 1.165) is 4.31 Å². The lowest BCUT2D eigenvalue weighted by Gasteiger charge is -2.29. The zero-order valence-electron chi connectivity index (χ0n) is 9.54. The Morgan fingerprint density at radius 2 is 1.88 bits per heavy atom. The highest BCUT2D eigenvalue weighted by molar-refractivity contribution is 7.90. The predicted octanol–water partition coefficient (Wildman–Crippen LogP) is -0.365. The summed E-state index contributed by atoms with van der Waals surface area (Å²) < 4.78 is 24.0. The second-order valence-corrected chi connectivity index (χ2v) is 7.57. The maximum atomic E-state index is 12.1. The molecular weight excluding hydrogens is 234 g/mol. The van der Waals surface area contributed by atoms with E-state index in [1.807, 2.05) is 0 Å². The van der Waals surface area contributed by atoms with Gasteiger partial charge >= 0.3 is 5.97 Å². The number of carbonyl (C=O) groups is 1. The number of carboxylic acid groups (broad SMARTS) is 1. The van der Waals surface area contributed by atoms with Gasteiger partial charge in [0.25, 0.3) is 0 Å². The quantitative estimate of drug-likeness (QED) is 0.698. The van der Waals surface area contributed by atoms with Crippen LogP contribution in [-0.2, 0) is 14.8 Å². The van der Waals surface area contributed by atoms with E-state index in [1.165, 1.54) is 20.8 Å². The van der Waals surface area contributed by atoms with Crippen molar-refractivity contribution >= 4 is 16.0 Å². The normalized spacial score (nSPS) is 28.2. The number of aliphatic carboxylic acids is 1. The maximum Gasteiger partial charge on any atom is 0.322 e. The van der Waals surface area contributed by atoms with Gasteiger partial charge in [-0.05, 0) is 20.8 Å². The lowest BCUT2D eigenvalue weighted by atomic mass is 10.2. The highest BCUT2D eigenvalue weighted by Crippen LogP contribution is 2.28. The smallest absolute Gasteiger partial charge is 0.322 e. The monoisotopic (exact) mass is 251 g/mol. The lowest BCUT2D eigenvalue weighted by molar-refractivity contribution is -0.140. The Morgan fingerprint density at radius 3 is 2.25 bits per heavy atom. The molecule has 0 aromatic heterocycles. The summed E-state index contributed by atoms with van der Waals surface area (Å²) in [4.78, 5) is 10.9. The number of hydrogen-bond donors (Lipinski definition) is 2. The van der Waals surface area contributed by atoms with Gasteiger partial charge in [0.2, 0.25) is 10.0 Å². The number of aliphatic hydroxyl groups is 1. The van der Waals surface area contributed by atoms with E-state index in [2.05, 4.69) is 0 Å². The largest absolute Gasteiger partial charge is 0.480 e. The summed E-state index contributed by atoms with van der Waals surface area (Å²) in [6, 6.07) is -1.15. The molecule has 1 aliphatic heterocycles. The van der Waals surface area contributed by atoms with Crippen molar-refractivity contribution in [3.63, 3.8) is 0 Å². The van der Waals surface area contributed by atoms with Gasteiger partial charge in [0.05, 0.1) is 10.9 Å². The number of nitrogens with zero attached hydrogens (tertiary/aromatic N) is 1. The van der Waals surface area contributed by atoms with Crippen LogP contribution in [-0.4, -0.2) is 52.3 Å². The van der Waals surface area contributed by atoms with Crippen molar-refractivity contribution in [2.75, 3.05) is 6.54 Å². The van der Waals surface area contributed by atoms with Gasteiger partial charge in [-0.3, -0.25) is 4.79 Å². The van der Waals surface area contributed by atoms with E-state index < -0.39 is 32.9 Å². The lowest BCUT2D eigenvalue weighted by Crippen LogP contribution is -2.48. The van der Waals surface area contributed by atoms with Gasteiger partial charge < -0.3 is 10.2 Å². The molecule has 16 heavy (non-hydrogen) atoms. The Kier molecular flexibility index (Phi) is 3.33. The van der Waals surface area contributed by atoms with Crippen LogP contribution in [0.2, 0.25) is 0 Å². The Morgan fingerprint density at radius 1 is 1.38 bits per heavy atom. The highest BCUT2D eigenvalue weighted by Gasteiger charge is 2.47. The first-order valence-electron chi connectivity index (χ1n) is 4.99. The standard InChI is InChI=1S/C9H17NO5S/c1-9(2,3)16(14,15)10-5-6(11)4-7(10)8(12)13/h6-7,11H,4-5H2,1-3H3,(H,12,13)/t6-,7-/m0/s1. The van der Waals surface area contributed by atoms with Gasteiger partial charge in [-0.1, -0.05) is 0 Å². The summed E-state index contributed by atoms with van der Waals surface area (Å²) in [6.45, 7) is 4.38. The van der Waals surface area contributed by atoms with Gasteiger partial charge in [-0.25, -0.2) is 8.42 Å². The molecule has 7 heteroatoms. The first-order valence-corrected chi connectivity index (χ1v) is 6.43.